The van der Waals surface area contributed by atoms with Crippen LogP contribution in [0.1, 0.15) is 51.1 Å². The van der Waals surface area contributed by atoms with E-state index in [4.69, 9.17) is 9.47 Å². The number of rotatable bonds is 6. The van der Waals surface area contributed by atoms with Gasteiger partial charge < -0.3 is 9.47 Å². The van der Waals surface area contributed by atoms with E-state index >= 15 is 0 Å². The van der Waals surface area contributed by atoms with Crippen LogP contribution in [0.5, 0.6) is 0 Å². The molecular formula is C16H23N3O4. The quantitative estimate of drug-likeness (QED) is 0.760. The fourth-order valence-corrected chi connectivity index (χ4v) is 2.38. The van der Waals surface area contributed by atoms with Crippen molar-refractivity contribution in [3.63, 3.8) is 0 Å². The fraction of sp³-hybridized carbons (Fsp3) is 0.562. The molecule has 0 amide bonds. The predicted octanol–water partition coefficient (Wildman–Crippen LogP) is 1.89. The molecule has 0 aromatic carbocycles. The number of carbonyl (C=O) groups is 1. The summed E-state index contributed by atoms with van der Waals surface area (Å²) in [5.41, 5.74) is 1.05. The molecule has 2 rings (SSSR count). The third-order valence-electron chi connectivity index (χ3n) is 3.69. The average Bonchev–Trinajstić information content (AvgIpc) is 2.94. The molecule has 0 fully saturated rings. The lowest BCUT2D eigenvalue weighted by molar-refractivity contribution is -0.144. The Morgan fingerprint density at radius 1 is 1.35 bits per heavy atom. The van der Waals surface area contributed by atoms with E-state index in [0.717, 1.165) is 5.56 Å². The summed E-state index contributed by atoms with van der Waals surface area (Å²) in [7, 11) is 1.62. The normalized spacial score (nSPS) is 12.8. The second-order valence-electron chi connectivity index (χ2n) is 5.69. The van der Waals surface area contributed by atoms with Gasteiger partial charge in [-0.2, -0.15) is 5.10 Å². The molecule has 2 aromatic heterocycles. The van der Waals surface area contributed by atoms with Crippen LogP contribution in [0.4, 0.5) is 0 Å². The molecule has 0 N–H and O–H groups in total. The van der Waals surface area contributed by atoms with Crippen molar-refractivity contribution in [2.45, 2.75) is 46.3 Å². The number of carbonyl (C=O) groups excluding carboxylic acids is 1. The summed E-state index contributed by atoms with van der Waals surface area (Å²) >= 11 is 0. The number of methoxy groups -OCH3 is 1. The van der Waals surface area contributed by atoms with Crippen LogP contribution in [0.2, 0.25) is 0 Å². The van der Waals surface area contributed by atoms with Crippen LogP contribution in [-0.2, 0) is 20.8 Å². The number of aromatic nitrogens is 3. The first kappa shape index (κ1) is 17.2. The molecule has 1 unspecified atom stereocenters. The Morgan fingerprint density at radius 2 is 2.04 bits per heavy atom. The molecule has 0 saturated carbocycles. The van der Waals surface area contributed by atoms with Gasteiger partial charge in [0.05, 0.1) is 12.7 Å². The van der Waals surface area contributed by atoms with Crippen molar-refractivity contribution in [1.29, 1.82) is 0 Å². The number of esters is 1. The summed E-state index contributed by atoms with van der Waals surface area (Å²) < 4.78 is 13.2. The highest BCUT2D eigenvalue weighted by molar-refractivity contribution is 5.69. The predicted molar refractivity (Wildman–Crippen MR) is 85.6 cm³/mol. The summed E-state index contributed by atoms with van der Waals surface area (Å²) in [6.07, 6.45) is 1.73. The molecule has 1 atom stereocenters. The van der Waals surface area contributed by atoms with Gasteiger partial charge in [-0.3, -0.25) is 14.0 Å². The molecule has 126 valence electrons. The highest BCUT2D eigenvalue weighted by Crippen LogP contribution is 2.21. The molecule has 0 aliphatic carbocycles. The minimum Gasteiger partial charge on any atom is -0.465 e. The minimum absolute atomic E-state index is 0.0876. The summed E-state index contributed by atoms with van der Waals surface area (Å²) in [5.74, 6) is 0.321. The van der Waals surface area contributed by atoms with Crippen LogP contribution in [0.15, 0.2) is 17.1 Å². The average molecular weight is 321 g/mol. The van der Waals surface area contributed by atoms with Crippen LogP contribution in [0.3, 0.4) is 0 Å². The Labute approximate surface area is 134 Å². The highest BCUT2D eigenvalue weighted by Gasteiger charge is 2.18. The number of ether oxygens (including phenoxy) is 2. The van der Waals surface area contributed by atoms with Gasteiger partial charge in [0.25, 0.3) is 5.56 Å². The molecule has 2 heterocycles. The van der Waals surface area contributed by atoms with Crippen molar-refractivity contribution in [2.24, 2.45) is 0 Å². The minimum atomic E-state index is -0.474. The zero-order chi connectivity index (χ0) is 17.1. The molecule has 0 saturated heterocycles. The Kier molecular flexibility index (Phi) is 5.20. The Bertz CT molecular complexity index is 761. The van der Waals surface area contributed by atoms with E-state index in [1.807, 2.05) is 27.0 Å². The molecule has 0 aliphatic rings. The summed E-state index contributed by atoms with van der Waals surface area (Å²) in [6, 6.07) is 1.78. The standard InChI is InChI=1S/C16H23N3O4/c1-6-23-14(20)9-19-16(21)13-7-12(11(4)22-5)8-18(13)15(17-19)10(2)3/h7-8,10-11H,6,9H2,1-5H3. The molecule has 7 heteroatoms. The van der Waals surface area contributed by atoms with Crippen LogP contribution < -0.4 is 5.56 Å². The molecule has 0 radical (unpaired) electrons. The zero-order valence-corrected chi connectivity index (χ0v) is 14.2. The van der Waals surface area contributed by atoms with Gasteiger partial charge in [0, 0.05) is 19.2 Å². The third kappa shape index (κ3) is 3.44. The van der Waals surface area contributed by atoms with Gasteiger partial charge >= 0.3 is 5.97 Å². The van der Waals surface area contributed by atoms with Crippen molar-refractivity contribution in [1.82, 2.24) is 14.2 Å². The lowest BCUT2D eigenvalue weighted by Crippen LogP contribution is -2.30. The molecule has 0 aliphatic heterocycles. The van der Waals surface area contributed by atoms with Crippen LogP contribution in [-0.4, -0.2) is 33.9 Å². The maximum Gasteiger partial charge on any atom is 0.327 e. The monoisotopic (exact) mass is 321 g/mol. The van der Waals surface area contributed by atoms with Crippen molar-refractivity contribution in [2.75, 3.05) is 13.7 Å². The van der Waals surface area contributed by atoms with Crippen molar-refractivity contribution in [3.8, 4) is 0 Å². The van der Waals surface area contributed by atoms with E-state index in [2.05, 4.69) is 5.10 Å². The van der Waals surface area contributed by atoms with E-state index < -0.39 is 5.97 Å². The van der Waals surface area contributed by atoms with Crippen LogP contribution in [0.25, 0.3) is 5.52 Å². The van der Waals surface area contributed by atoms with E-state index in [0.29, 0.717) is 11.3 Å². The van der Waals surface area contributed by atoms with Crippen molar-refractivity contribution >= 4 is 11.5 Å². The van der Waals surface area contributed by atoms with Gasteiger partial charge in [-0.1, -0.05) is 13.8 Å². The lowest BCUT2D eigenvalue weighted by Gasteiger charge is -2.12. The summed E-state index contributed by atoms with van der Waals surface area (Å²) in [4.78, 5) is 24.3. The Balaban J connectivity index is 2.60. The number of nitrogens with zero attached hydrogens (tertiary/aromatic N) is 3. The van der Waals surface area contributed by atoms with E-state index in [1.54, 1.807) is 24.5 Å². The van der Waals surface area contributed by atoms with E-state index in [1.165, 1.54) is 4.68 Å². The van der Waals surface area contributed by atoms with E-state index in [-0.39, 0.29) is 30.7 Å². The first-order valence-electron chi connectivity index (χ1n) is 7.70. The van der Waals surface area contributed by atoms with Gasteiger partial charge in [-0.05, 0) is 25.5 Å². The SMILES string of the molecule is CCOC(=O)Cn1nc(C(C)C)n2cc(C(C)OC)cc2c1=O. The summed E-state index contributed by atoms with van der Waals surface area (Å²) in [5, 5.41) is 4.35. The van der Waals surface area contributed by atoms with Gasteiger partial charge in [-0.25, -0.2) is 4.68 Å². The summed E-state index contributed by atoms with van der Waals surface area (Å²) in [6.45, 7) is 7.69. The van der Waals surface area contributed by atoms with Crippen LogP contribution >= 0.6 is 0 Å². The second-order valence-corrected chi connectivity index (χ2v) is 5.69. The molecule has 23 heavy (non-hydrogen) atoms. The van der Waals surface area contributed by atoms with Crippen molar-refractivity contribution < 1.29 is 14.3 Å². The topological polar surface area (TPSA) is 74.8 Å². The van der Waals surface area contributed by atoms with Crippen molar-refractivity contribution in [3.05, 3.63) is 34.0 Å². The maximum atomic E-state index is 12.6. The van der Waals surface area contributed by atoms with Gasteiger partial charge in [0.2, 0.25) is 0 Å². The van der Waals surface area contributed by atoms with Gasteiger partial charge in [0.1, 0.15) is 17.9 Å². The third-order valence-corrected chi connectivity index (χ3v) is 3.69. The smallest absolute Gasteiger partial charge is 0.327 e. The second kappa shape index (κ2) is 6.95. The van der Waals surface area contributed by atoms with Crippen LogP contribution in [0, 0.1) is 0 Å². The number of fused-ring (bicyclic) bond motifs is 1. The largest absolute Gasteiger partial charge is 0.465 e. The van der Waals surface area contributed by atoms with Gasteiger partial charge in [0.15, 0.2) is 0 Å². The number of hydrogen-bond acceptors (Lipinski definition) is 5. The molecule has 7 nitrogen and oxygen atoms in total. The molecular weight excluding hydrogens is 298 g/mol. The van der Waals surface area contributed by atoms with Gasteiger partial charge in [-0.15, -0.1) is 0 Å². The Morgan fingerprint density at radius 3 is 2.61 bits per heavy atom. The molecule has 0 bridgehead atoms. The molecule has 2 aromatic rings. The Hall–Kier alpha value is -2.15. The zero-order valence-electron chi connectivity index (χ0n) is 14.2. The van der Waals surface area contributed by atoms with E-state index in [9.17, 15) is 9.59 Å². The fourth-order valence-electron chi connectivity index (χ4n) is 2.38. The first-order valence-corrected chi connectivity index (χ1v) is 7.70. The first-order chi connectivity index (χ1) is 10.9. The highest BCUT2D eigenvalue weighted by atomic mass is 16.5. The lowest BCUT2D eigenvalue weighted by atomic mass is 10.2. The maximum absolute atomic E-state index is 12.6. The number of hydrogen-bond donors (Lipinski definition) is 0. The molecule has 0 spiro atoms.